The first kappa shape index (κ1) is 15.4. The fraction of sp³-hybridized carbons (Fsp3) is 0.278. The lowest BCUT2D eigenvalue weighted by Crippen LogP contribution is -2.47. The molecule has 128 valence electrons. The van der Waals surface area contributed by atoms with Crippen LogP contribution in [0.3, 0.4) is 0 Å². The maximum Gasteiger partial charge on any atom is 0.298 e. The minimum Gasteiger partial charge on any atom is -0.423 e. The zero-order chi connectivity index (χ0) is 17.4. The minimum absolute atomic E-state index is 0.452. The summed E-state index contributed by atoms with van der Waals surface area (Å²) in [5.41, 5.74) is 9.57. The Balaban J connectivity index is 1.52. The summed E-state index contributed by atoms with van der Waals surface area (Å²) in [4.78, 5) is 24.5. The summed E-state index contributed by atoms with van der Waals surface area (Å²) in [5.74, 6) is -0.458. The monoisotopic (exact) mass is 337 g/mol. The molecule has 1 aliphatic rings. The molecule has 1 amide bonds. The highest BCUT2D eigenvalue weighted by molar-refractivity contribution is 5.98. The highest BCUT2D eigenvalue weighted by atomic mass is 16.4. The number of fused-ring (bicyclic) bond motifs is 1. The average molecular weight is 337 g/mol. The summed E-state index contributed by atoms with van der Waals surface area (Å²) >= 11 is 0. The van der Waals surface area contributed by atoms with Crippen LogP contribution in [-0.2, 0) is 0 Å². The quantitative estimate of drug-likeness (QED) is 0.786. The van der Waals surface area contributed by atoms with Gasteiger partial charge in [-0.2, -0.15) is 4.98 Å². The van der Waals surface area contributed by atoms with Crippen LogP contribution in [0, 0.1) is 6.92 Å². The lowest BCUT2D eigenvalue weighted by molar-refractivity contribution is 0.100. The lowest BCUT2D eigenvalue weighted by atomic mass is 10.2. The first-order chi connectivity index (χ1) is 12.1. The minimum atomic E-state index is -0.458. The number of hydrogen-bond donors (Lipinski definition) is 1. The standard InChI is InChI=1S/C18H19N5O2/c1-12-2-3-16-14(10-12)21-18(25-16)23-8-6-22(7-9-23)15-4-5-20-11-13(15)17(19)24/h2-5,10-11H,6-9H2,1H3,(H2,19,24). The van der Waals surface area contributed by atoms with Crippen LogP contribution in [0.4, 0.5) is 11.7 Å². The van der Waals surface area contributed by atoms with Crippen molar-refractivity contribution in [3.8, 4) is 0 Å². The molecule has 1 aliphatic heterocycles. The maximum absolute atomic E-state index is 11.6. The maximum atomic E-state index is 11.6. The molecule has 0 aliphatic carbocycles. The smallest absolute Gasteiger partial charge is 0.298 e. The number of amides is 1. The number of primary amides is 1. The number of aryl methyl sites for hydroxylation is 1. The van der Waals surface area contributed by atoms with Crippen LogP contribution in [0.25, 0.3) is 11.1 Å². The number of carbonyl (C=O) groups is 1. The van der Waals surface area contributed by atoms with Gasteiger partial charge in [-0.15, -0.1) is 0 Å². The van der Waals surface area contributed by atoms with Crippen molar-refractivity contribution in [2.24, 2.45) is 5.73 Å². The number of piperazine rings is 1. The predicted octanol–water partition coefficient (Wildman–Crippen LogP) is 1.96. The van der Waals surface area contributed by atoms with E-state index in [1.807, 2.05) is 31.2 Å². The van der Waals surface area contributed by atoms with Crippen molar-refractivity contribution in [2.45, 2.75) is 6.92 Å². The van der Waals surface area contributed by atoms with E-state index in [0.29, 0.717) is 11.6 Å². The van der Waals surface area contributed by atoms with Crippen LogP contribution in [-0.4, -0.2) is 42.1 Å². The van der Waals surface area contributed by atoms with Crippen molar-refractivity contribution in [1.82, 2.24) is 9.97 Å². The Bertz CT molecular complexity index is 928. The molecule has 1 fully saturated rings. The zero-order valence-electron chi connectivity index (χ0n) is 14.0. The number of rotatable bonds is 3. The number of nitrogens with two attached hydrogens (primary N) is 1. The van der Waals surface area contributed by atoms with Gasteiger partial charge in [-0.25, -0.2) is 0 Å². The van der Waals surface area contributed by atoms with Crippen LogP contribution in [0.15, 0.2) is 41.1 Å². The van der Waals surface area contributed by atoms with Crippen LogP contribution in [0.5, 0.6) is 0 Å². The highest BCUT2D eigenvalue weighted by Crippen LogP contribution is 2.26. The van der Waals surface area contributed by atoms with Gasteiger partial charge in [-0.1, -0.05) is 6.07 Å². The molecule has 1 saturated heterocycles. The van der Waals surface area contributed by atoms with E-state index in [1.165, 1.54) is 6.20 Å². The van der Waals surface area contributed by atoms with Crippen molar-refractivity contribution >= 4 is 28.7 Å². The van der Waals surface area contributed by atoms with Crippen molar-refractivity contribution in [3.63, 3.8) is 0 Å². The van der Waals surface area contributed by atoms with Crippen molar-refractivity contribution in [1.29, 1.82) is 0 Å². The van der Waals surface area contributed by atoms with Crippen LogP contribution >= 0.6 is 0 Å². The third kappa shape index (κ3) is 2.88. The number of hydrogen-bond acceptors (Lipinski definition) is 6. The first-order valence-corrected chi connectivity index (χ1v) is 8.23. The summed E-state index contributed by atoms with van der Waals surface area (Å²) < 4.78 is 5.88. The second kappa shape index (κ2) is 6.08. The Morgan fingerprint density at radius 2 is 1.92 bits per heavy atom. The lowest BCUT2D eigenvalue weighted by Gasteiger charge is -2.35. The van der Waals surface area contributed by atoms with Crippen molar-refractivity contribution in [3.05, 3.63) is 47.8 Å². The van der Waals surface area contributed by atoms with E-state index < -0.39 is 5.91 Å². The Morgan fingerprint density at radius 1 is 1.16 bits per heavy atom. The van der Waals surface area contributed by atoms with Crippen LogP contribution in [0.2, 0.25) is 0 Å². The molecule has 0 bridgehead atoms. The van der Waals surface area contributed by atoms with Gasteiger partial charge in [0, 0.05) is 38.6 Å². The molecule has 0 unspecified atom stereocenters. The van der Waals surface area contributed by atoms with Gasteiger partial charge in [-0.05, 0) is 30.7 Å². The zero-order valence-corrected chi connectivity index (χ0v) is 14.0. The molecule has 2 aromatic heterocycles. The molecular formula is C18H19N5O2. The predicted molar refractivity (Wildman–Crippen MR) is 95.9 cm³/mol. The fourth-order valence-corrected chi connectivity index (χ4v) is 3.15. The molecule has 25 heavy (non-hydrogen) atoms. The third-order valence-corrected chi connectivity index (χ3v) is 4.49. The highest BCUT2D eigenvalue weighted by Gasteiger charge is 2.23. The van der Waals surface area contributed by atoms with Gasteiger partial charge in [0.25, 0.3) is 11.9 Å². The molecular weight excluding hydrogens is 318 g/mol. The van der Waals surface area contributed by atoms with Gasteiger partial charge in [0.1, 0.15) is 5.52 Å². The Labute approximate surface area is 145 Å². The number of aromatic nitrogens is 2. The normalized spacial score (nSPS) is 14.9. The fourth-order valence-electron chi connectivity index (χ4n) is 3.15. The molecule has 3 aromatic rings. The topological polar surface area (TPSA) is 88.5 Å². The van der Waals surface area contributed by atoms with E-state index in [4.69, 9.17) is 10.2 Å². The Hall–Kier alpha value is -3.09. The number of anilines is 2. The summed E-state index contributed by atoms with van der Waals surface area (Å²) in [7, 11) is 0. The molecule has 0 spiro atoms. The molecule has 3 heterocycles. The molecule has 1 aromatic carbocycles. The largest absolute Gasteiger partial charge is 0.423 e. The van der Waals surface area contributed by atoms with Gasteiger partial charge in [0.15, 0.2) is 5.58 Å². The third-order valence-electron chi connectivity index (χ3n) is 4.49. The number of benzene rings is 1. The number of oxazole rings is 1. The first-order valence-electron chi connectivity index (χ1n) is 8.23. The Kier molecular flexibility index (Phi) is 3.76. The van der Waals surface area contributed by atoms with E-state index in [1.54, 1.807) is 6.20 Å². The average Bonchev–Trinajstić information content (AvgIpc) is 3.05. The van der Waals surface area contributed by atoms with Crippen molar-refractivity contribution < 1.29 is 9.21 Å². The van der Waals surface area contributed by atoms with E-state index in [-0.39, 0.29) is 0 Å². The van der Waals surface area contributed by atoms with E-state index in [2.05, 4.69) is 19.8 Å². The van der Waals surface area contributed by atoms with Gasteiger partial charge in [0.2, 0.25) is 0 Å². The Morgan fingerprint density at radius 3 is 2.68 bits per heavy atom. The summed E-state index contributed by atoms with van der Waals surface area (Å²) in [6.07, 6.45) is 3.20. The SMILES string of the molecule is Cc1ccc2oc(N3CCN(c4ccncc4C(N)=O)CC3)nc2c1. The van der Waals surface area contributed by atoms with Crippen molar-refractivity contribution in [2.75, 3.05) is 36.0 Å². The second-order valence-electron chi connectivity index (χ2n) is 6.20. The van der Waals surface area contributed by atoms with E-state index >= 15 is 0 Å². The molecule has 4 rings (SSSR count). The number of pyridine rings is 1. The molecule has 0 atom stereocenters. The van der Waals surface area contributed by atoms with Gasteiger partial charge < -0.3 is 20.0 Å². The van der Waals surface area contributed by atoms with E-state index in [0.717, 1.165) is 48.5 Å². The van der Waals surface area contributed by atoms with Crippen LogP contribution < -0.4 is 15.5 Å². The molecule has 7 heteroatoms. The van der Waals surface area contributed by atoms with Gasteiger partial charge >= 0.3 is 0 Å². The number of nitrogens with zero attached hydrogens (tertiary/aromatic N) is 4. The molecule has 0 radical (unpaired) electrons. The van der Waals surface area contributed by atoms with Crippen LogP contribution in [0.1, 0.15) is 15.9 Å². The van der Waals surface area contributed by atoms with Gasteiger partial charge in [-0.3, -0.25) is 9.78 Å². The van der Waals surface area contributed by atoms with Gasteiger partial charge in [0.05, 0.1) is 11.3 Å². The summed E-state index contributed by atoms with van der Waals surface area (Å²) in [5, 5.41) is 0. The molecule has 2 N–H and O–H groups in total. The summed E-state index contributed by atoms with van der Waals surface area (Å²) in [6.45, 7) is 5.06. The van der Waals surface area contributed by atoms with E-state index in [9.17, 15) is 4.79 Å². The molecule has 0 saturated carbocycles. The second-order valence-corrected chi connectivity index (χ2v) is 6.20. The summed E-state index contributed by atoms with van der Waals surface area (Å²) in [6, 6.07) is 8.47. The molecule has 7 nitrogen and oxygen atoms in total. The number of carbonyl (C=O) groups excluding carboxylic acids is 1.